The van der Waals surface area contributed by atoms with Gasteiger partial charge in [0.25, 0.3) is 0 Å². The molecule has 0 amide bonds. The Balaban J connectivity index is 2.56. The molecule has 1 atom stereocenters. The topological polar surface area (TPSA) is 12.0 Å². The number of hydrogen-bond donors (Lipinski definition) is 1. The summed E-state index contributed by atoms with van der Waals surface area (Å²) in [6, 6.07) is 4.83. The molecule has 0 aliphatic carbocycles. The lowest BCUT2D eigenvalue weighted by Crippen LogP contribution is -2.25. The Labute approximate surface area is 140 Å². The predicted octanol–water partition coefficient (Wildman–Crippen LogP) is 5.83. The maximum atomic E-state index is 3.74. The third-order valence-corrected chi connectivity index (χ3v) is 5.75. The van der Waals surface area contributed by atoms with Crippen LogP contribution < -0.4 is 5.32 Å². The molecular formula is C18H24BrNS. The van der Waals surface area contributed by atoms with Crippen LogP contribution in [0.15, 0.2) is 21.3 Å². The standard InChI is InChI=1S/C18H24BrNS/c1-6-7-20-18(15-9-16(19)21-10-15)17-13(4)11(2)8-12(3)14(17)5/h8-10,18,20H,6-7H2,1-5H3. The van der Waals surface area contributed by atoms with Gasteiger partial charge >= 0.3 is 0 Å². The summed E-state index contributed by atoms with van der Waals surface area (Å²) in [7, 11) is 0. The van der Waals surface area contributed by atoms with Gasteiger partial charge in [-0.2, -0.15) is 0 Å². The lowest BCUT2D eigenvalue weighted by Gasteiger charge is -2.25. The van der Waals surface area contributed by atoms with E-state index in [0.717, 1.165) is 13.0 Å². The molecule has 2 rings (SSSR count). The van der Waals surface area contributed by atoms with Crippen LogP contribution in [-0.2, 0) is 0 Å². The SMILES string of the molecule is CCCNC(c1csc(Br)c1)c1c(C)c(C)cc(C)c1C. The largest absolute Gasteiger partial charge is 0.306 e. The van der Waals surface area contributed by atoms with Crippen molar-refractivity contribution in [2.24, 2.45) is 0 Å². The van der Waals surface area contributed by atoms with E-state index in [-0.39, 0.29) is 6.04 Å². The van der Waals surface area contributed by atoms with E-state index in [1.54, 1.807) is 11.3 Å². The first kappa shape index (κ1) is 16.7. The second-order valence-electron chi connectivity index (χ2n) is 5.75. The van der Waals surface area contributed by atoms with Crippen molar-refractivity contribution >= 4 is 27.3 Å². The molecule has 0 saturated carbocycles. The number of aryl methyl sites for hydroxylation is 2. The highest BCUT2D eigenvalue weighted by atomic mass is 79.9. The van der Waals surface area contributed by atoms with E-state index in [2.05, 4.69) is 73.4 Å². The highest BCUT2D eigenvalue weighted by Crippen LogP contribution is 2.34. The molecule has 0 aliphatic heterocycles. The molecule has 0 radical (unpaired) electrons. The Bertz CT molecular complexity index is 604. The zero-order valence-electron chi connectivity index (χ0n) is 13.5. The van der Waals surface area contributed by atoms with Crippen molar-refractivity contribution in [2.75, 3.05) is 6.54 Å². The van der Waals surface area contributed by atoms with E-state index in [4.69, 9.17) is 0 Å². The zero-order valence-corrected chi connectivity index (χ0v) is 15.9. The fourth-order valence-electron chi connectivity index (χ4n) is 2.83. The predicted molar refractivity (Wildman–Crippen MR) is 97.5 cm³/mol. The number of rotatable bonds is 5. The third kappa shape index (κ3) is 3.58. The Kier molecular flexibility index (Phi) is 5.64. The van der Waals surface area contributed by atoms with Crippen LogP contribution in [0.4, 0.5) is 0 Å². The van der Waals surface area contributed by atoms with Gasteiger partial charge in [0.15, 0.2) is 0 Å². The Hall–Kier alpha value is -0.640. The van der Waals surface area contributed by atoms with Gasteiger partial charge in [-0.3, -0.25) is 0 Å². The van der Waals surface area contributed by atoms with Gasteiger partial charge < -0.3 is 5.32 Å². The van der Waals surface area contributed by atoms with Gasteiger partial charge in [0.05, 0.1) is 9.83 Å². The minimum atomic E-state index is 0.283. The summed E-state index contributed by atoms with van der Waals surface area (Å²) in [6.07, 6.45) is 1.14. The Morgan fingerprint density at radius 2 is 1.71 bits per heavy atom. The first-order valence-electron chi connectivity index (χ1n) is 7.50. The number of hydrogen-bond acceptors (Lipinski definition) is 2. The molecule has 1 nitrogen and oxygen atoms in total. The van der Waals surface area contributed by atoms with E-state index in [1.165, 1.54) is 37.2 Å². The molecule has 0 spiro atoms. The number of nitrogens with one attached hydrogen (secondary N) is 1. The molecule has 0 saturated heterocycles. The van der Waals surface area contributed by atoms with Crippen molar-refractivity contribution in [1.82, 2.24) is 5.32 Å². The van der Waals surface area contributed by atoms with E-state index in [9.17, 15) is 0 Å². The molecule has 1 N–H and O–H groups in total. The van der Waals surface area contributed by atoms with E-state index in [1.807, 2.05) is 0 Å². The summed E-state index contributed by atoms with van der Waals surface area (Å²) in [5.41, 5.74) is 8.39. The maximum Gasteiger partial charge on any atom is 0.0701 e. The molecule has 0 bridgehead atoms. The summed E-state index contributed by atoms with van der Waals surface area (Å²) < 4.78 is 1.19. The summed E-state index contributed by atoms with van der Waals surface area (Å²) in [4.78, 5) is 0. The summed E-state index contributed by atoms with van der Waals surface area (Å²) in [5, 5.41) is 6.00. The zero-order chi connectivity index (χ0) is 15.6. The van der Waals surface area contributed by atoms with Crippen LogP contribution in [0.2, 0.25) is 0 Å². The van der Waals surface area contributed by atoms with E-state index < -0.39 is 0 Å². The van der Waals surface area contributed by atoms with Crippen molar-refractivity contribution in [3.05, 3.63) is 54.7 Å². The van der Waals surface area contributed by atoms with Crippen molar-refractivity contribution in [3.8, 4) is 0 Å². The van der Waals surface area contributed by atoms with Crippen molar-refractivity contribution in [1.29, 1.82) is 0 Å². The average Bonchev–Trinajstić information content (AvgIpc) is 2.86. The average molecular weight is 366 g/mol. The number of halogens is 1. The maximum absolute atomic E-state index is 3.74. The molecule has 0 fully saturated rings. The molecule has 21 heavy (non-hydrogen) atoms. The van der Waals surface area contributed by atoms with Gasteiger partial charge in [-0.15, -0.1) is 11.3 Å². The van der Waals surface area contributed by atoms with Gasteiger partial charge in [0.2, 0.25) is 0 Å². The van der Waals surface area contributed by atoms with Gasteiger partial charge in [-0.1, -0.05) is 13.0 Å². The number of thiophene rings is 1. The van der Waals surface area contributed by atoms with Crippen LogP contribution >= 0.6 is 27.3 Å². The van der Waals surface area contributed by atoms with Gasteiger partial charge in [0, 0.05) is 0 Å². The second kappa shape index (κ2) is 7.08. The highest BCUT2D eigenvalue weighted by Gasteiger charge is 2.20. The van der Waals surface area contributed by atoms with Gasteiger partial charge in [-0.25, -0.2) is 0 Å². The fourth-order valence-corrected chi connectivity index (χ4v) is 4.03. The van der Waals surface area contributed by atoms with Crippen molar-refractivity contribution < 1.29 is 0 Å². The first-order chi connectivity index (χ1) is 9.95. The summed E-state index contributed by atoms with van der Waals surface area (Å²) in [5.74, 6) is 0. The minimum Gasteiger partial charge on any atom is -0.306 e. The van der Waals surface area contributed by atoms with Crippen LogP contribution in [-0.4, -0.2) is 6.54 Å². The Morgan fingerprint density at radius 1 is 1.10 bits per heavy atom. The van der Waals surface area contributed by atoms with Crippen LogP contribution in [0, 0.1) is 27.7 Å². The fraction of sp³-hybridized carbons (Fsp3) is 0.444. The van der Waals surface area contributed by atoms with Crippen LogP contribution in [0.25, 0.3) is 0 Å². The molecular weight excluding hydrogens is 342 g/mol. The molecule has 1 aromatic carbocycles. The van der Waals surface area contributed by atoms with Gasteiger partial charge in [0.1, 0.15) is 0 Å². The first-order valence-corrected chi connectivity index (χ1v) is 9.17. The third-order valence-electron chi connectivity index (χ3n) is 4.23. The smallest absolute Gasteiger partial charge is 0.0701 e. The molecule has 2 aromatic rings. The molecule has 0 aliphatic rings. The second-order valence-corrected chi connectivity index (χ2v) is 8.04. The van der Waals surface area contributed by atoms with Crippen LogP contribution in [0.1, 0.15) is 52.8 Å². The van der Waals surface area contributed by atoms with Crippen molar-refractivity contribution in [3.63, 3.8) is 0 Å². The van der Waals surface area contributed by atoms with Gasteiger partial charge in [-0.05, 0) is 101 Å². The molecule has 1 heterocycles. The highest BCUT2D eigenvalue weighted by molar-refractivity contribution is 9.11. The quantitative estimate of drug-likeness (QED) is 0.702. The van der Waals surface area contributed by atoms with Crippen LogP contribution in [0.3, 0.4) is 0 Å². The molecule has 114 valence electrons. The van der Waals surface area contributed by atoms with E-state index >= 15 is 0 Å². The Morgan fingerprint density at radius 3 is 2.19 bits per heavy atom. The monoisotopic (exact) mass is 365 g/mol. The lowest BCUT2D eigenvalue weighted by molar-refractivity contribution is 0.594. The van der Waals surface area contributed by atoms with E-state index in [0.29, 0.717) is 0 Å². The minimum absolute atomic E-state index is 0.283. The molecule has 1 unspecified atom stereocenters. The molecule has 3 heteroatoms. The normalized spacial score (nSPS) is 12.7. The molecule has 1 aromatic heterocycles. The summed E-state index contributed by atoms with van der Waals surface area (Å²) >= 11 is 5.36. The van der Waals surface area contributed by atoms with Crippen LogP contribution in [0.5, 0.6) is 0 Å². The number of benzene rings is 1. The lowest BCUT2D eigenvalue weighted by atomic mass is 9.87. The summed E-state index contributed by atoms with van der Waals surface area (Å²) in [6.45, 7) is 12.2. The van der Waals surface area contributed by atoms with Crippen molar-refractivity contribution in [2.45, 2.75) is 47.1 Å².